The summed E-state index contributed by atoms with van der Waals surface area (Å²) in [5.41, 5.74) is 4.96. The van der Waals surface area contributed by atoms with E-state index < -0.39 is 21.9 Å². The first-order chi connectivity index (χ1) is 14.9. The Labute approximate surface area is 184 Å². The number of hydrogen-bond donors (Lipinski definition) is 3. The summed E-state index contributed by atoms with van der Waals surface area (Å²) < 4.78 is 40.5. The molecule has 10 heteroatoms. The van der Waals surface area contributed by atoms with Crippen LogP contribution in [0.2, 0.25) is 0 Å². The number of carbonyl (C=O) groups excluding carboxylic acids is 1. The molecule has 32 heavy (non-hydrogen) atoms. The first-order valence-electron chi connectivity index (χ1n) is 9.54. The van der Waals surface area contributed by atoms with E-state index in [-0.39, 0.29) is 21.8 Å². The molecule has 0 radical (unpaired) electrons. The molecule has 1 aromatic heterocycles. The van der Waals surface area contributed by atoms with Gasteiger partial charge in [-0.15, -0.1) is 4.83 Å². The summed E-state index contributed by atoms with van der Waals surface area (Å²) in [5.74, 6) is -2.35. The van der Waals surface area contributed by atoms with Crippen LogP contribution in [0.1, 0.15) is 43.2 Å². The van der Waals surface area contributed by atoms with Crippen molar-refractivity contribution < 1.29 is 27.5 Å². The number of hydrazine groups is 1. The summed E-state index contributed by atoms with van der Waals surface area (Å²) in [7, 11) is -4.24. The summed E-state index contributed by atoms with van der Waals surface area (Å²) in [4.78, 5) is 25.8. The molecule has 0 atom stereocenters. The van der Waals surface area contributed by atoms with Crippen molar-refractivity contribution in [3.05, 3.63) is 81.9 Å². The fourth-order valence-corrected chi connectivity index (χ4v) is 4.63. The molecule has 2 aromatic carbocycles. The number of aryl methyl sites for hydroxylation is 2. The molecule has 0 saturated heterocycles. The molecule has 0 aliphatic rings. The van der Waals surface area contributed by atoms with Crippen molar-refractivity contribution in [2.75, 3.05) is 0 Å². The molecule has 0 spiro atoms. The summed E-state index contributed by atoms with van der Waals surface area (Å²) >= 11 is 0. The minimum Gasteiger partial charge on any atom is -0.478 e. The number of halogens is 1. The molecule has 3 aromatic rings. The van der Waals surface area contributed by atoms with Gasteiger partial charge in [-0.25, -0.2) is 17.6 Å². The Morgan fingerprint density at radius 2 is 1.62 bits per heavy atom. The zero-order valence-corrected chi connectivity index (χ0v) is 18.7. The molecule has 8 nitrogen and oxygen atoms in total. The molecule has 0 aliphatic carbocycles. The predicted octanol–water partition coefficient (Wildman–Crippen LogP) is 3.17. The molecule has 1 heterocycles. The normalized spacial score (nSPS) is 11.4. The van der Waals surface area contributed by atoms with Gasteiger partial charge in [-0.05, 0) is 81.3 Å². The number of carboxylic acids is 1. The van der Waals surface area contributed by atoms with Crippen LogP contribution < -0.4 is 10.3 Å². The van der Waals surface area contributed by atoms with E-state index in [1.807, 2.05) is 4.83 Å². The van der Waals surface area contributed by atoms with Crippen molar-refractivity contribution in [2.24, 2.45) is 0 Å². The summed E-state index contributed by atoms with van der Waals surface area (Å²) in [6.45, 7) is 6.60. The monoisotopic (exact) mass is 459 g/mol. The number of benzene rings is 2. The summed E-state index contributed by atoms with van der Waals surface area (Å²) in [6.07, 6.45) is 0. The van der Waals surface area contributed by atoms with E-state index in [0.29, 0.717) is 28.2 Å². The van der Waals surface area contributed by atoms with Gasteiger partial charge in [0.1, 0.15) is 5.82 Å². The van der Waals surface area contributed by atoms with Crippen LogP contribution in [0.4, 0.5) is 4.39 Å². The van der Waals surface area contributed by atoms with Gasteiger partial charge in [0.2, 0.25) is 0 Å². The molecule has 3 rings (SSSR count). The van der Waals surface area contributed by atoms with Crippen molar-refractivity contribution in [3.63, 3.8) is 0 Å². The molecule has 1 amide bonds. The summed E-state index contributed by atoms with van der Waals surface area (Å²) in [5, 5.41) is 9.22. The zero-order valence-electron chi connectivity index (χ0n) is 17.9. The lowest BCUT2D eigenvalue weighted by atomic mass is 10.1. The third kappa shape index (κ3) is 4.41. The topological polar surface area (TPSA) is 118 Å². The number of aromatic carboxylic acids is 1. The molecule has 168 valence electrons. The predicted molar refractivity (Wildman–Crippen MR) is 116 cm³/mol. The molecule has 0 bridgehead atoms. The Morgan fingerprint density at radius 3 is 2.22 bits per heavy atom. The van der Waals surface area contributed by atoms with E-state index in [9.17, 15) is 27.5 Å². The van der Waals surface area contributed by atoms with Crippen molar-refractivity contribution in [1.82, 2.24) is 14.8 Å². The van der Waals surface area contributed by atoms with Crippen LogP contribution in [0.15, 0.2) is 47.4 Å². The molecular weight excluding hydrogens is 437 g/mol. The lowest BCUT2D eigenvalue weighted by molar-refractivity contribution is 0.0696. The minimum atomic E-state index is -4.24. The number of rotatable bonds is 6. The highest BCUT2D eigenvalue weighted by Crippen LogP contribution is 2.22. The zero-order chi connectivity index (χ0) is 23.8. The van der Waals surface area contributed by atoms with Gasteiger partial charge in [0.05, 0.1) is 16.0 Å². The number of aromatic nitrogens is 1. The highest BCUT2D eigenvalue weighted by molar-refractivity contribution is 7.89. The molecular formula is C22H22FN3O5S. The van der Waals surface area contributed by atoms with E-state index in [0.717, 1.165) is 6.07 Å². The Morgan fingerprint density at radius 1 is 1.00 bits per heavy atom. The summed E-state index contributed by atoms with van der Waals surface area (Å²) in [6, 6.07) is 9.75. The van der Waals surface area contributed by atoms with Crippen LogP contribution in [0.5, 0.6) is 0 Å². The minimum absolute atomic E-state index is 0.178. The Balaban J connectivity index is 1.87. The number of hydrogen-bond acceptors (Lipinski definition) is 4. The van der Waals surface area contributed by atoms with Crippen LogP contribution in [0, 0.1) is 33.5 Å². The van der Waals surface area contributed by atoms with Gasteiger partial charge < -0.3 is 9.67 Å². The van der Waals surface area contributed by atoms with Gasteiger partial charge >= 0.3 is 5.97 Å². The Hall–Kier alpha value is -3.50. The number of sulfonamides is 1. The average molecular weight is 459 g/mol. The third-order valence-corrected chi connectivity index (χ3v) is 6.59. The van der Waals surface area contributed by atoms with Crippen LogP contribution in [-0.2, 0) is 10.0 Å². The first-order valence-corrected chi connectivity index (χ1v) is 11.0. The second-order valence-electron chi connectivity index (χ2n) is 7.38. The smallest absolute Gasteiger partial charge is 0.335 e. The quantitative estimate of drug-likeness (QED) is 0.490. The highest BCUT2D eigenvalue weighted by Gasteiger charge is 2.23. The van der Waals surface area contributed by atoms with Gasteiger partial charge in [0.15, 0.2) is 0 Å². The van der Waals surface area contributed by atoms with E-state index in [1.54, 1.807) is 50.5 Å². The van der Waals surface area contributed by atoms with E-state index in [4.69, 9.17) is 0 Å². The number of carbonyl (C=O) groups is 2. The third-order valence-electron chi connectivity index (χ3n) is 5.22. The van der Waals surface area contributed by atoms with Gasteiger partial charge in [0.25, 0.3) is 15.9 Å². The maximum absolute atomic E-state index is 13.2. The maximum Gasteiger partial charge on any atom is 0.335 e. The Bertz CT molecular complexity index is 1330. The largest absolute Gasteiger partial charge is 0.478 e. The van der Waals surface area contributed by atoms with Gasteiger partial charge in [-0.3, -0.25) is 10.2 Å². The van der Waals surface area contributed by atoms with Crippen molar-refractivity contribution in [3.8, 4) is 5.69 Å². The number of amides is 1. The number of carboxylic acid groups (broad SMARTS) is 1. The number of nitrogens with one attached hydrogen (secondary N) is 2. The van der Waals surface area contributed by atoms with Crippen LogP contribution in [-0.4, -0.2) is 30.0 Å². The molecule has 0 saturated carbocycles. The van der Waals surface area contributed by atoms with E-state index in [1.165, 1.54) is 18.2 Å². The van der Waals surface area contributed by atoms with Crippen molar-refractivity contribution in [2.45, 2.75) is 32.6 Å². The van der Waals surface area contributed by atoms with E-state index in [2.05, 4.69) is 5.43 Å². The molecule has 0 fully saturated rings. The van der Waals surface area contributed by atoms with Gasteiger partial charge in [-0.1, -0.05) is 0 Å². The second-order valence-corrected chi connectivity index (χ2v) is 9.03. The molecule has 0 aliphatic heterocycles. The van der Waals surface area contributed by atoms with E-state index >= 15 is 0 Å². The number of nitrogens with zero attached hydrogens (tertiary/aromatic N) is 1. The van der Waals surface area contributed by atoms with Crippen LogP contribution in [0.3, 0.4) is 0 Å². The Kier molecular flexibility index (Phi) is 6.20. The van der Waals surface area contributed by atoms with Crippen molar-refractivity contribution in [1.29, 1.82) is 0 Å². The first kappa shape index (κ1) is 23.2. The van der Waals surface area contributed by atoms with Gasteiger partial charge in [0, 0.05) is 17.1 Å². The van der Waals surface area contributed by atoms with Crippen LogP contribution >= 0.6 is 0 Å². The SMILES string of the molecule is Cc1cc(C(=O)O)cc(S(=O)(=O)NNC(=O)c2cc(C)n(-c3ccc(F)cc3)c2C)c1C. The standard InChI is InChI=1S/C22H22FN3O5S/c1-12-9-16(22(28)29)11-20(14(12)3)32(30,31)25-24-21(27)19-10-13(2)26(15(19)4)18-7-5-17(23)6-8-18/h5-11,25H,1-4H3,(H,24,27)(H,28,29). The molecule has 3 N–H and O–H groups in total. The fraction of sp³-hybridized carbons (Fsp3) is 0.182. The molecule has 0 unspecified atom stereocenters. The lowest BCUT2D eigenvalue weighted by Gasteiger charge is -2.13. The van der Waals surface area contributed by atoms with Crippen molar-refractivity contribution >= 4 is 21.9 Å². The fourth-order valence-electron chi connectivity index (χ4n) is 3.45. The highest BCUT2D eigenvalue weighted by atomic mass is 32.2. The van der Waals surface area contributed by atoms with Crippen LogP contribution in [0.25, 0.3) is 5.69 Å². The second kappa shape index (κ2) is 8.56. The van der Waals surface area contributed by atoms with Gasteiger partial charge in [-0.2, -0.15) is 0 Å². The maximum atomic E-state index is 13.2. The average Bonchev–Trinajstić information content (AvgIpc) is 3.02. The lowest BCUT2D eigenvalue weighted by Crippen LogP contribution is -2.42.